The number of halogens is 1. The highest BCUT2D eigenvalue weighted by Gasteiger charge is 2.44. The number of fused-ring (bicyclic) bond motifs is 3. The van der Waals surface area contributed by atoms with Crippen LogP contribution in [0.25, 0.3) is 0 Å². The molecule has 26 heavy (non-hydrogen) atoms. The average molecular weight is 355 g/mol. The quantitative estimate of drug-likeness (QED) is 0.912. The van der Waals surface area contributed by atoms with E-state index in [1.165, 1.54) is 12.1 Å². The molecule has 1 aromatic heterocycles. The van der Waals surface area contributed by atoms with Crippen molar-refractivity contribution in [1.82, 2.24) is 9.88 Å². The van der Waals surface area contributed by atoms with E-state index in [1.54, 1.807) is 18.3 Å². The van der Waals surface area contributed by atoms with Crippen LogP contribution in [-0.4, -0.2) is 41.2 Å². The minimum absolute atomic E-state index is 0.157. The Labute approximate surface area is 152 Å². The van der Waals surface area contributed by atoms with Gasteiger partial charge < -0.3 is 4.74 Å². The van der Waals surface area contributed by atoms with Gasteiger partial charge in [0, 0.05) is 24.0 Å². The van der Waals surface area contributed by atoms with Crippen molar-refractivity contribution in [2.75, 3.05) is 18.4 Å². The fourth-order valence-electron chi connectivity index (χ4n) is 4.12. The van der Waals surface area contributed by atoms with Crippen molar-refractivity contribution in [2.45, 2.75) is 31.4 Å². The topological polar surface area (TPSA) is 54.5 Å². The lowest BCUT2D eigenvalue weighted by molar-refractivity contribution is -0.0741. The van der Waals surface area contributed by atoms with Gasteiger partial charge in [-0.1, -0.05) is 12.1 Å². The van der Waals surface area contributed by atoms with Crippen molar-refractivity contribution in [3.8, 4) is 0 Å². The van der Waals surface area contributed by atoms with Crippen molar-refractivity contribution < 1.29 is 13.9 Å². The second-order valence-electron chi connectivity index (χ2n) is 7.01. The normalized spacial score (nSPS) is 27.1. The molecule has 5 rings (SSSR count). The summed E-state index contributed by atoms with van der Waals surface area (Å²) >= 11 is 0. The largest absolute Gasteiger partial charge is 0.444 e. The highest BCUT2D eigenvalue weighted by Crippen LogP contribution is 2.36. The van der Waals surface area contributed by atoms with Gasteiger partial charge in [-0.15, -0.1) is 0 Å². The number of ether oxygens (including phenoxy) is 1. The molecule has 1 N–H and O–H groups in total. The maximum Gasteiger partial charge on any atom is 0.411 e. The number of anilines is 1. The van der Waals surface area contributed by atoms with E-state index in [4.69, 9.17) is 4.74 Å². The molecule has 2 bridgehead atoms. The molecule has 0 aliphatic carbocycles. The van der Waals surface area contributed by atoms with Crippen molar-refractivity contribution in [3.63, 3.8) is 0 Å². The minimum Gasteiger partial charge on any atom is -0.444 e. The molecule has 2 aromatic rings. The van der Waals surface area contributed by atoms with Crippen LogP contribution in [0.15, 0.2) is 48.8 Å². The molecule has 5 nitrogen and oxygen atoms in total. The Morgan fingerprint density at radius 3 is 2.85 bits per heavy atom. The Kier molecular flexibility index (Phi) is 4.84. The van der Waals surface area contributed by atoms with E-state index in [1.807, 2.05) is 12.3 Å². The maximum absolute atomic E-state index is 13.3. The van der Waals surface area contributed by atoms with Gasteiger partial charge in [-0.3, -0.25) is 15.2 Å². The van der Waals surface area contributed by atoms with Gasteiger partial charge in [-0.2, -0.15) is 0 Å². The first-order valence-corrected chi connectivity index (χ1v) is 9.05. The van der Waals surface area contributed by atoms with E-state index in [2.05, 4.69) is 21.3 Å². The summed E-state index contributed by atoms with van der Waals surface area (Å²) in [7, 11) is 0. The van der Waals surface area contributed by atoms with E-state index in [0.29, 0.717) is 11.6 Å². The number of aromatic nitrogens is 1. The molecule has 3 aliphatic rings. The minimum atomic E-state index is -0.523. The number of carbonyl (C=O) groups excluding carboxylic acids is 1. The number of rotatable bonds is 4. The van der Waals surface area contributed by atoms with Gasteiger partial charge in [0.15, 0.2) is 0 Å². The van der Waals surface area contributed by atoms with Gasteiger partial charge in [-0.25, -0.2) is 9.18 Å². The monoisotopic (exact) mass is 355 g/mol. The van der Waals surface area contributed by atoms with Crippen molar-refractivity contribution in [2.24, 2.45) is 5.92 Å². The summed E-state index contributed by atoms with van der Waals surface area (Å²) in [6.45, 7) is 2.09. The van der Waals surface area contributed by atoms with E-state index < -0.39 is 6.09 Å². The number of benzene rings is 1. The maximum atomic E-state index is 13.3. The summed E-state index contributed by atoms with van der Waals surface area (Å²) in [4.78, 5) is 19.0. The average Bonchev–Trinajstić information content (AvgIpc) is 2.65. The first-order chi connectivity index (χ1) is 12.7. The molecule has 136 valence electrons. The summed E-state index contributed by atoms with van der Waals surface area (Å²) in [6, 6.07) is 9.97. The van der Waals surface area contributed by atoms with Crippen LogP contribution in [0.3, 0.4) is 0 Å². The first-order valence-electron chi connectivity index (χ1n) is 9.05. The highest BCUT2D eigenvalue weighted by molar-refractivity contribution is 5.84. The second-order valence-corrected chi connectivity index (χ2v) is 7.01. The Balaban J connectivity index is 1.46. The molecule has 3 saturated heterocycles. The molecule has 1 aromatic carbocycles. The second kappa shape index (κ2) is 7.41. The Morgan fingerprint density at radius 2 is 2.12 bits per heavy atom. The number of nitrogens with zero attached hydrogens (tertiary/aromatic N) is 2. The van der Waals surface area contributed by atoms with E-state index in [0.717, 1.165) is 37.9 Å². The van der Waals surface area contributed by atoms with E-state index in [-0.39, 0.29) is 18.0 Å². The highest BCUT2D eigenvalue weighted by atomic mass is 19.1. The fraction of sp³-hybridized carbons (Fsp3) is 0.400. The molecule has 2 unspecified atom stereocenters. The summed E-state index contributed by atoms with van der Waals surface area (Å²) in [5, 5.41) is 2.64. The molecule has 0 radical (unpaired) electrons. The fourth-order valence-corrected chi connectivity index (χ4v) is 4.12. The van der Waals surface area contributed by atoms with Gasteiger partial charge in [0.2, 0.25) is 0 Å². The number of hydrogen-bond acceptors (Lipinski definition) is 4. The molecule has 4 heterocycles. The summed E-state index contributed by atoms with van der Waals surface area (Å²) in [5.74, 6) is -0.0139. The third kappa shape index (κ3) is 3.70. The van der Waals surface area contributed by atoms with Crippen LogP contribution in [0.5, 0.6) is 0 Å². The smallest absolute Gasteiger partial charge is 0.411 e. The standard InChI is InChI=1S/C20H22FN3O2/c21-16-4-1-5-17(12-16)23-20(25)26-19-15-6-9-24(10-7-15)18(19)11-14-3-2-8-22-13-14/h1-5,8,12-13,15,18-19H,6-7,9-11H2,(H,23,25). The summed E-state index contributed by atoms with van der Waals surface area (Å²) < 4.78 is 19.1. The van der Waals surface area contributed by atoms with Crippen LogP contribution >= 0.6 is 0 Å². The zero-order chi connectivity index (χ0) is 17.9. The molecule has 0 saturated carbocycles. The van der Waals surface area contributed by atoms with Gasteiger partial charge in [0.05, 0.1) is 6.04 Å². The first kappa shape index (κ1) is 17.0. The lowest BCUT2D eigenvalue weighted by atomic mass is 9.78. The Bertz CT molecular complexity index is 763. The van der Waals surface area contributed by atoms with Crippen molar-refractivity contribution in [1.29, 1.82) is 0 Å². The third-order valence-corrected chi connectivity index (χ3v) is 5.37. The summed E-state index contributed by atoms with van der Waals surface area (Å²) in [6.07, 6.45) is 5.84. The van der Waals surface area contributed by atoms with Crippen LogP contribution in [0.1, 0.15) is 18.4 Å². The zero-order valence-corrected chi connectivity index (χ0v) is 14.5. The lowest BCUT2D eigenvalue weighted by Gasteiger charge is -2.50. The molecular formula is C20H22FN3O2. The van der Waals surface area contributed by atoms with Gasteiger partial charge in [-0.05, 0) is 62.2 Å². The van der Waals surface area contributed by atoms with Gasteiger partial charge in [0.1, 0.15) is 11.9 Å². The van der Waals surface area contributed by atoms with E-state index >= 15 is 0 Å². The van der Waals surface area contributed by atoms with Crippen LogP contribution in [0.4, 0.5) is 14.9 Å². The number of hydrogen-bond donors (Lipinski definition) is 1. The van der Waals surface area contributed by atoms with Gasteiger partial charge >= 0.3 is 6.09 Å². The summed E-state index contributed by atoms with van der Waals surface area (Å²) in [5.41, 5.74) is 1.55. The number of nitrogens with one attached hydrogen (secondary N) is 1. The van der Waals surface area contributed by atoms with Crippen LogP contribution in [-0.2, 0) is 11.2 Å². The zero-order valence-electron chi connectivity index (χ0n) is 14.5. The number of piperidine rings is 3. The third-order valence-electron chi connectivity index (χ3n) is 5.37. The molecule has 6 heteroatoms. The van der Waals surface area contributed by atoms with Crippen LogP contribution in [0, 0.1) is 11.7 Å². The van der Waals surface area contributed by atoms with Crippen molar-refractivity contribution >= 4 is 11.8 Å². The SMILES string of the molecule is O=C(Nc1cccc(F)c1)OC1C2CCN(CC2)C1Cc1cccnc1. The Morgan fingerprint density at radius 1 is 1.27 bits per heavy atom. The van der Waals surface area contributed by atoms with Crippen LogP contribution < -0.4 is 5.32 Å². The molecule has 3 fully saturated rings. The van der Waals surface area contributed by atoms with Crippen LogP contribution in [0.2, 0.25) is 0 Å². The predicted molar refractivity (Wildman–Crippen MR) is 96.3 cm³/mol. The number of pyridine rings is 1. The molecule has 2 atom stereocenters. The van der Waals surface area contributed by atoms with Crippen molar-refractivity contribution in [3.05, 3.63) is 60.2 Å². The number of amides is 1. The molecular weight excluding hydrogens is 333 g/mol. The number of carbonyl (C=O) groups is 1. The van der Waals surface area contributed by atoms with E-state index in [9.17, 15) is 9.18 Å². The van der Waals surface area contributed by atoms with Gasteiger partial charge in [0.25, 0.3) is 0 Å². The molecule has 0 spiro atoms. The lowest BCUT2D eigenvalue weighted by Crippen LogP contribution is -2.60. The Hall–Kier alpha value is -2.47. The molecule has 1 amide bonds. The molecule has 3 aliphatic heterocycles. The predicted octanol–water partition coefficient (Wildman–Crippen LogP) is 3.47.